The molecule has 0 aliphatic carbocycles. The van der Waals surface area contributed by atoms with Crippen LogP contribution >= 0.6 is 11.6 Å². The van der Waals surface area contributed by atoms with E-state index in [4.69, 9.17) is 21.1 Å². The number of halogens is 4. The van der Waals surface area contributed by atoms with Crippen molar-refractivity contribution in [2.24, 2.45) is 0 Å². The van der Waals surface area contributed by atoms with Crippen LogP contribution in [0.2, 0.25) is 5.02 Å². The van der Waals surface area contributed by atoms with E-state index >= 15 is 0 Å². The largest absolute Gasteiger partial charge is 0.497 e. The van der Waals surface area contributed by atoms with Crippen molar-refractivity contribution >= 4 is 33.2 Å². The van der Waals surface area contributed by atoms with E-state index in [1.807, 2.05) is 0 Å². The highest BCUT2D eigenvalue weighted by atomic mass is 35.5. The summed E-state index contributed by atoms with van der Waals surface area (Å²) in [7, 11) is -1.41. The average Bonchev–Trinajstić information content (AvgIpc) is 3.39. The van der Waals surface area contributed by atoms with Crippen LogP contribution in [-0.2, 0) is 34.2 Å². The third kappa shape index (κ3) is 7.81. The summed E-state index contributed by atoms with van der Waals surface area (Å²) in [5.74, 6) is 0.428. The molecule has 0 saturated heterocycles. The highest BCUT2D eigenvalue weighted by molar-refractivity contribution is 7.89. The van der Waals surface area contributed by atoms with Crippen LogP contribution in [0.1, 0.15) is 16.7 Å². The number of aromatic nitrogens is 2. The third-order valence-electron chi connectivity index (χ3n) is 6.08. The van der Waals surface area contributed by atoms with Crippen molar-refractivity contribution in [1.29, 1.82) is 0 Å². The second-order valence-electron chi connectivity index (χ2n) is 9.09. The monoisotopic (exact) mass is 622 g/mol. The molecular formula is C28H26ClF3N4O5S. The minimum atomic E-state index is -4.47. The summed E-state index contributed by atoms with van der Waals surface area (Å²) in [6.45, 7) is -0.184. The molecule has 4 aromatic rings. The lowest BCUT2D eigenvalue weighted by Crippen LogP contribution is -2.25. The highest BCUT2D eigenvalue weighted by Gasteiger charge is 2.29. The second kappa shape index (κ2) is 12.8. The molecule has 0 saturated carbocycles. The molecule has 0 atom stereocenters. The number of sulfonamides is 1. The first-order valence-electron chi connectivity index (χ1n) is 12.4. The second-order valence-corrected chi connectivity index (χ2v) is 11.2. The molecule has 1 amide bonds. The molecule has 4 rings (SSSR count). The van der Waals surface area contributed by atoms with Gasteiger partial charge in [0.15, 0.2) is 0 Å². The number of methoxy groups -OCH3 is 2. The van der Waals surface area contributed by atoms with Crippen LogP contribution in [-0.4, -0.2) is 44.5 Å². The maximum Gasteiger partial charge on any atom is 0.393 e. The van der Waals surface area contributed by atoms with Crippen LogP contribution in [0.3, 0.4) is 0 Å². The van der Waals surface area contributed by atoms with Gasteiger partial charge in [0.1, 0.15) is 16.4 Å². The van der Waals surface area contributed by atoms with Gasteiger partial charge in [0.05, 0.1) is 38.9 Å². The van der Waals surface area contributed by atoms with Crippen LogP contribution in [0.5, 0.6) is 11.5 Å². The number of ether oxygens (including phenoxy) is 2. The lowest BCUT2D eigenvalue weighted by Gasteiger charge is -2.15. The molecule has 3 aromatic carbocycles. The Morgan fingerprint density at radius 2 is 1.79 bits per heavy atom. The van der Waals surface area contributed by atoms with E-state index < -0.39 is 28.5 Å². The van der Waals surface area contributed by atoms with E-state index in [1.54, 1.807) is 42.5 Å². The Hall–Kier alpha value is -4.07. The summed E-state index contributed by atoms with van der Waals surface area (Å²) in [5.41, 5.74) is 1.03. The van der Waals surface area contributed by atoms with Crippen LogP contribution in [0.15, 0.2) is 78.0 Å². The topological polar surface area (TPSA) is 112 Å². The van der Waals surface area contributed by atoms with E-state index in [0.717, 1.165) is 17.1 Å². The van der Waals surface area contributed by atoms with Crippen LogP contribution in [0.25, 0.3) is 5.69 Å². The number of hydrogen-bond acceptors (Lipinski definition) is 6. The normalized spacial score (nSPS) is 11.8. The number of rotatable bonds is 11. The predicted octanol–water partition coefficient (Wildman–Crippen LogP) is 5.31. The van der Waals surface area contributed by atoms with Crippen molar-refractivity contribution in [3.8, 4) is 17.2 Å². The fraction of sp³-hybridized carbons (Fsp3) is 0.214. The van der Waals surface area contributed by atoms with Crippen molar-refractivity contribution in [3.63, 3.8) is 0 Å². The minimum absolute atomic E-state index is 0.0262. The molecule has 14 heteroatoms. The first-order chi connectivity index (χ1) is 19.9. The molecule has 0 fully saturated rings. The van der Waals surface area contributed by atoms with Crippen molar-refractivity contribution in [3.05, 3.63) is 94.8 Å². The molecule has 0 unspecified atom stereocenters. The van der Waals surface area contributed by atoms with Crippen LogP contribution in [0, 0.1) is 0 Å². The van der Waals surface area contributed by atoms with Gasteiger partial charge in [-0.15, -0.1) is 0 Å². The van der Waals surface area contributed by atoms with Crippen LogP contribution in [0.4, 0.5) is 18.9 Å². The zero-order valence-electron chi connectivity index (χ0n) is 22.4. The highest BCUT2D eigenvalue weighted by Crippen LogP contribution is 2.28. The smallest absolute Gasteiger partial charge is 0.393 e. The number of carbonyl (C=O) groups excluding carboxylic acids is 1. The zero-order valence-corrected chi connectivity index (χ0v) is 24.0. The molecule has 0 spiro atoms. The Kier molecular flexibility index (Phi) is 9.44. The fourth-order valence-corrected chi connectivity index (χ4v) is 5.50. The van der Waals surface area contributed by atoms with Gasteiger partial charge in [0.25, 0.3) is 0 Å². The molecule has 2 N–H and O–H groups in total. The Balaban J connectivity index is 1.66. The standard InChI is InChI=1S/C28H26ClF3N4O5S/c1-40-22-9-7-20(25(13-22)41-2)16-34-42(38,39)26-12-21(35-27(37)11-19-5-3-4-6-23(19)29)8-10-24(26)36-17-18(15-33-36)14-28(30,31)32/h3-10,12-13,15,17,34H,11,14,16H2,1-2H3,(H,35,37). The molecule has 0 aliphatic rings. The van der Waals surface area contributed by atoms with Crippen molar-refractivity contribution in [1.82, 2.24) is 14.5 Å². The lowest BCUT2D eigenvalue weighted by atomic mass is 10.1. The van der Waals surface area contributed by atoms with Crippen molar-refractivity contribution in [2.75, 3.05) is 19.5 Å². The molecule has 42 heavy (non-hydrogen) atoms. The summed E-state index contributed by atoms with van der Waals surface area (Å²) in [6.07, 6.45) is -3.67. The fourth-order valence-electron chi connectivity index (χ4n) is 4.08. The molecule has 0 radical (unpaired) electrons. The number of hydrogen-bond donors (Lipinski definition) is 2. The van der Waals surface area contributed by atoms with Crippen molar-refractivity contribution < 1.29 is 35.9 Å². The SMILES string of the molecule is COc1ccc(CNS(=O)(=O)c2cc(NC(=O)Cc3ccccc3Cl)ccc2-n2cc(CC(F)(F)F)cn2)c(OC)c1. The summed E-state index contributed by atoms with van der Waals surface area (Å²) in [6, 6.07) is 15.6. The Morgan fingerprint density at radius 1 is 1.02 bits per heavy atom. The molecular weight excluding hydrogens is 597 g/mol. The van der Waals surface area contributed by atoms with Crippen LogP contribution < -0.4 is 19.5 Å². The average molecular weight is 623 g/mol. The van der Waals surface area contributed by atoms with E-state index in [1.165, 1.54) is 32.4 Å². The summed E-state index contributed by atoms with van der Waals surface area (Å²) in [5, 5.41) is 7.00. The maximum atomic E-state index is 13.6. The van der Waals surface area contributed by atoms with Gasteiger partial charge >= 0.3 is 6.18 Å². The first-order valence-corrected chi connectivity index (χ1v) is 14.2. The number of nitrogens with zero attached hydrogens (tertiary/aromatic N) is 2. The molecule has 9 nitrogen and oxygen atoms in total. The van der Waals surface area contributed by atoms with E-state index in [2.05, 4.69) is 15.1 Å². The number of anilines is 1. The third-order valence-corrected chi connectivity index (χ3v) is 7.88. The van der Waals surface area contributed by atoms with Gasteiger partial charge in [-0.05, 0) is 41.5 Å². The summed E-state index contributed by atoms with van der Waals surface area (Å²) >= 11 is 6.15. The van der Waals surface area contributed by atoms with Crippen molar-refractivity contribution in [2.45, 2.75) is 30.5 Å². The number of amides is 1. The Labute approximate surface area is 245 Å². The molecule has 1 heterocycles. The number of nitrogens with one attached hydrogen (secondary N) is 2. The quantitative estimate of drug-likeness (QED) is 0.235. The van der Waals surface area contributed by atoms with Gasteiger partial charge in [-0.3, -0.25) is 4.79 Å². The number of benzene rings is 3. The van der Waals surface area contributed by atoms with Gasteiger partial charge in [0.2, 0.25) is 15.9 Å². The van der Waals surface area contributed by atoms with Gasteiger partial charge < -0.3 is 14.8 Å². The zero-order chi connectivity index (χ0) is 30.5. The predicted molar refractivity (Wildman–Crippen MR) is 151 cm³/mol. The van der Waals surface area contributed by atoms with Gasteiger partial charge in [-0.2, -0.15) is 18.3 Å². The minimum Gasteiger partial charge on any atom is -0.497 e. The summed E-state index contributed by atoms with van der Waals surface area (Å²) < 4.78 is 80.1. The lowest BCUT2D eigenvalue weighted by molar-refractivity contribution is -0.127. The molecule has 0 aliphatic heterocycles. The number of alkyl halides is 3. The van der Waals surface area contributed by atoms with E-state index in [0.29, 0.717) is 27.6 Å². The van der Waals surface area contributed by atoms with E-state index in [9.17, 15) is 26.4 Å². The van der Waals surface area contributed by atoms with E-state index in [-0.39, 0.29) is 34.8 Å². The number of carbonyl (C=O) groups is 1. The van der Waals surface area contributed by atoms with Gasteiger partial charge in [0, 0.05) is 35.1 Å². The Morgan fingerprint density at radius 3 is 2.48 bits per heavy atom. The molecule has 0 bridgehead atoms. The molecule has 1 aromatic heterocycles. The van der Waals surface area contributed by atoms with Gasteiger partial charge in [-0.1, -0.05) is 35.9 Å². The summed E-state index contributed by atoms with van der Waals surface area (Å²) in [4.78, 5) is 12.4. The van der Waals surface area contributed by atoms with Gasteiger partial charge in [-0.25, -0.2) is 17.8 Å². The first kappa shape index (κ1) is 30.9. The maximum absolute atomic E-state index is 13.6. The Bertz CT molecular complexity index is 1690. The molecule has 222 valence electrons.